The van der Waals surface area contributed by atoms with Gasteiger partial charge in [-0.3, -0.25) is 0 Å². The van der Waals surface area contributed by atoms with Crippen LogP contribution in [0.5, 0.6) is 0 Å². The molecule has 6 heteroatoms. The Labute approximate surface area is 86.7 Å². The van der Waals surface area contributed by atoms with Gasteiger partial charge < -0.3 is 15.2 Å². The molecule has 0 bridgehead atoms. The van der Waals surface area contributed by atoms with E-state index in [0.717, 1.165) is 0 Å². The highest BCUT2D eigenvalue weighted by Crippen LogP contribution is 2.34. The fourth-order valence-corrected chi connectivity index (χ4v) is 1.71. The zero-order chi connectivity index (χ0) is 11.5. The molecule has 3 nitrogen and oxygen atoms in total. The highest BCUT2D eigenvalue weighted by atomic mass is 19.4. The van der Waals surface area contributed by atoms with Crippen LogP contribution in [0.1, 0.15) is 13.3 Å². The Balaban J connectivity index is 2.41. The molecule has 1 aliphatic heterocycles. The van der Waals surface area contributed by atoms with E-state index in [4.69, 9.17) is 10.5 Å². The van der Waals surface area contributed by atoms with Crippen molar-refractivity contribution in [2.45, 2.75) is 25.6 Å². The molecule has 0 aliphatic carbocycles. The third kappa shape index (κ3) is 3.32. The fraction of sp³-hybridized carbons (Fsp3) is 1.00. The van der Waals surface area contributed by atoms with Crippen LogP contribution in [0.15, 0.2) is 0 Å². The number of alkyl halides is 3. The topological polar surface area (TPSA) is 44.5 Å². The summed E-state index contributed by atoms with van der Waals surface area (Å²) in [6, 6.07) is 0. The maximum absolute atomic E-state index is 11.9. The van der Waals surface area contributed by atoms with Crippen molar-refractivity contribution >= 4 is 0 Å². The van der Waals surface area contributed by atoms with Gasteiger partial charge in [-0.2, -0.15) is 13.2 Å². The quantitative estimate of drug-likeness (QED) is 0.787. The summed E-state index contributed by atoms with van der Waals surface area (Å²) in [6.07, 6.45) is -3.77. The van der Waals surface area contributed by atoms with E-state index in [-0.39, 0.29) is 19.3 Å². The molecule has 1 saturated heterocycles. The van der Waals surface area contributed by atoms with Crippen LogP contribution in [0.3, 0.4) is 0 Å². The minimum atomic E-state index is -4.28. The standard InChI is InChI=1S/C9H16F3NO2/c1-7-8(4-13,2-3-15-7)5-14-6-9(10,11)12/h7H,2-6,13H2,1H3. The molecule has 2 unspecified atom stereocenters. The number of rotatable bonds is 4. The molecule has 90 valence electrons. The summed E-state index contributed by atoms with van der Waals surface area (Å²) >= 11 is 0. The van der Waals surface area contributed by atoms with Gasteiger partial charge in [-0.05, 0) is 13.3 Å². The van der Waals surface area contributed by atoms with Gasteiger partial charge in [-0.1, -0.05) is 0 Å². The molecule has 0 radical (unpaired) electrons. The molecule has 1 heterocycles. The van der Waals surface area contributed by atoms with Crippen molar-refractivity contribution in [1.29, 1.82) is 0 Å². The first-order chi connectivity index (χ1) is 6.90. The van der Waals surface area contributed by atoms with Gasteiger partial charge in [-0.15, -0.1) is 0 Å². The summed E-state index contributed by atoms with van der Waals surface area (Å²) in [5.41, 5.74) is 5.11. The normalized spacial score (nSPS) is 32.2. The number of nitrogens with two attached hydrogens (primary N) is 1. The Morgan fingerprint density at radius 2 is 2.20 bits per heavy atom. The molecule has 2 N–H and O–H groups in total. The highest BCUT2D eigenvalue weighted by Gasteiger charge is 2.41. The van der Waals surface area contributed by atoms with Crippen LogP contribution in [-0.4, -0.2) is 38.6 Å². The average molecular weight is 227 g/mol. The van der Waals surface area contributed by atoms with Gasteiger partial charge in [0.2, 0.25) is 0 Å². The van der Waals surface area contributed by atoms with Crippen LogP contribution in [0.2, 0.25) is 0 Å². The molecular formula is C9H16F3NO2. The Kier molecular flexibility index (Phi) is 3.97. The van der Waals surface area contributed by atoms with Gasteiger partial charge in [0.25, 0.3) is 0 Å². The maximum Gasteiger partial charge on any atom is 0.411 e. The third-order valence-corrected chi connectivity index (χ3v) is 2.89. The summed E-state index contributed by atoms with van der Waals surface area (Å²) in [7, 11) is 0. The zero-order valence-corrected chi connectivity index (χ0v) is 8.64. The van der Waals surface area contributed by atoms with E-state index in [1.165, 1.54) is 0 Å². The number of ether oxygens (including phenoxy) is 2. The number of halogens is 3. The van der Waals surface area contributed by atoms with Crippen molar-refractivity contribution in [3.05, 3.63) is 0 Å². The van der Waals surface area contributed by atoms with Crippen molar-refractivity contribution in [2.24, 2.45) is 11.1 Å². The first-order valence-corrected chi connectivity index (χ1v) is 4.86. The largest absolute Gasteiger partial charge is 0.411 e. The minimum Gasteiger partial charge on any atom is -0.378 e. The van der Waals surface area contributed by atoms with Crippen LogP contribution in [0, 0.1) is 5.41 Å². The Hall–Kier alpha value is -0.330. The van der Waals surface area contributed by atoms with Crippen LogP contribution < -0.4 is 5.73 Å². The smallest absolute Gasteiger partial charge is 0.378 e. The van der Waals surface area contributed by atoms with E-state index in [2.05, 4.69) is 4.74 Å². The van der Waals surface area contributed by atoms with Crippen molar-refractivity contribution in [3.63, 3.8) is 0 Å². The molecule has 0 saturated carbocycles. The van der Waals surface area contributed by atoms with Crippen LogP contribution >= 0.6 is 0 Å². The summed E-state index contributed by atoms with van der Waals surface area (Å²) in [6.45, 7) is 1.42. The molecule has 1 rings (SSSR count). The molecule has 0 aromatic rings. The lowest BCUT2D eigenvalue weighted by Crippen LogP contribution is -2.41. The molecule has 1 aliphatic rings. The second-order valence-corrected chi connectivity index (χ2v) is 3.94. The molecule has 1 fully saturated rings. The lowest BCUT2D eigenvalue weighted by atomic mass is 9.83. The predicted molar refractivity (Wildman–Crippen MR) is 48.4 cm³/mol. The predicted octanol–water partition coefficient (Wildman–Crippen LogP) is 1.32. The van der Waals surface area contributed by atoms with Gasteiger partial charge >= 0.3 is 6.18 Å². The Morgan fingerprint density at radius 1 is 1.53 bits per heavy atom. The highest BCUT2D eigenvalue weighted by molar-refractivity contribution is 4.90. The van der Waals surface area contributed by atoms with Crippen LogP contribution in [-0.2, 0) is 9.47 Å². The molecule has 0 amide bonds. The molecule has 0 aromatic heterocycles. The first-order valence-electron chi connectivity index (χ1n) is 4.86. The van der Waals surface area contributed by atoms with Gasteiger partial charge in [0.1, 0.15) is 6.61 Å². The Bertz CT molecular complexity index is 210. The van der Waals surface area contributed by atoms with Gasteiger partial charge in [0, 0.05) is 18.6 Å². The average Bonchev–Trinajstić information content (AvgIpc) is 2.46. The summed E-state index contributed by atoms with van der Waals surface area (Å²) < 4.78 is 45.6. The summed E-state index contributed by atoms with van der Waals surface area (Å²) in [4.78, 5) is 0. The lowest BCUT2D eigenvalue weighted by Gasteiger charge is -2.30. The lowest BCUT2D eigenvalue weighted by molar-refractivity contribution is -0.182. The number of hydrogen-bond donors (Lipinski definition) is 1. The van der Waals surface area contributed by atoms with Gasteiger partial charge in [0.15, 0.2) is 0 Å². The van der Waals surface area contributed by atoms with E-state index >= 15 is 0 Å². The molecular weight excluding hydrogens is 211 g/mol. The monoisotopic (exact) mass is 227 g/mol. The molecule has 2 atom stereocenters. The zero-order valence-electron chi connectivity index (χ0n) is 8.64. The van der Waals surface area contributed by atoms with Gasteiger partial charge in [0.05, 0.1) is 12.7 Å². The second kappa shape index (κ2) is 4.67. The SMILES string of the molecule is CC1OCCC1(CN)COCC(F)(F)F. The van der Waals surface area contributed by atoms with E-state index < -0.39 is 18.2 Å². The van der Waals surface area contributed by atoms with Gasteiger partial charge in [-0.25, -0.2) is 0 Å². The summed E-state index contributed by atoms with van der Waals surface area (Å²) in [5, 5.41) is 0. The van der Waals surface area contributed by atoms with Crippen molar-refractivity contribution in [2.75, 3.05) is 26.4 Å². The maximum atomic E-state index is 11.9. The van der Waals surface area contributed by atoms with E-state index in [1.807, 2.05) is 6.92 Å². The van der Waals surface area contributed by atoms with Crippen LogP contribution in [0.4, 0.5) is 13.2 Å². The molecule has 0 aromatic carbocycles. The van der Waals surface area contributed by atoms with Crippen molar-refractivity contribution < 1.29 is 22.6 Å². The minimum absolute atomic E-state index is 0.00414. The Morgan fingerprint density at radius 3 is 2.60 bits per heavy atom. The first kappa shape index (κ1) is 12.7. The summed E-state index contributed by atoms with van der Waals surface area (Å²) in [5.74, 6) is 0. The third-order valence-electron chi connectivity index (χ3n) is 2.89. The van der Waals surface area contributed by atoms with Crippen LogP contribution in [0.25, 0.3) is 0 Å². The molecule has 15 heavy (non-hydrogen) atoms. The molecule has 0 spiro atoms. The number of hydrogen-bond acceptors (Lipinski definition) is 3. The van der Waals surface area contributed by atoms with E-state index in [9.17, 15) is 13.2 Å². The van der Waals surface area contributed by atoms with Crippen molar-refractivity contribution in [1.82, 2.24) is 0 Å². The second-order valence-electron chi connectivity index (χ2n) is 3.94. The fourth-order valence-electron chi connectivity index (χ4n) is 1.71. The van der Waals surface area contributed by atoms with Crippen molar-refractivity contribution in [3.8, 4) is 0 Å². The van der Waals surface area contributed by atoms with E-state index in [1.54, 1.807) is 0 Å². The van der Waals surface area contributed by atoms with E-state index in [0.29, 0.717) is 13.0 Å².